The lowest BCUT2D eigenvalue weighted by Gasteiger charge is -2.09. The molecule has 0 spiro atoms. The maximum Gasteiger partial charge on any atom is 0.203 e. The largest absolute Gasteiger partial charge is 0.504 e. The van der Waals surface area contributed by atoms with Crippen molar-refractivity contribution in [2.75, 3.05) is 14.2 Å². The molecule has 0 atom stereocenters. The van der Waals surface area contributed by atoms with Crippen LogP contribution in [0.15, 0.2) is 17.5 Å². The van der Waals surface area contributed by atoms with Crippen molar-refractivity contribution < 1.29 is 14.6 Å². The van der Waals surface area contributed by atoms with Gasteiger partial charge in [0.25, 0.3) is 0 Å². The summed E-state index contributed by atoms with van der Waals surface area (Å²) in [7, 11) is 3.06. The summed E-state index contributed by atoms with van der Waals surface area (Å²) < 4.78 is 11.2. The predicted molar refractivity (Wildman–Crippen MR) is 56.6 cm³/mol. The number of rotatable bonds is 2. The zero-order valence-corrected chi connectivity index (χ0v) is 8.72. The van der Waals surface area contributed by atoms with Crippen LogP contribution >= 0.6 is 11.3 Å². The first kappa shape index (κ1) is 9.15. The Kier molecular flexibility index (Phi) is 2.21. The lowest BCUT2D eigenvalue weighted by molar-refractivity contribution is 0.335. The topological polar surface area (TPSA) is 38.7 Å². The van der Waals surface area contributed by atoms with Crippen LogP contribution in [-0.2, 0) is 0 Å². The van der Waals surface area contributed by atoms with Crippen molar-refractivity contribution in [3.05, 3.63) is 17.5 Å². The average Bonchev–Trinajstić information content (AvgIpc) is 2.65. The van der Waals surface area contributed by atoms with E-state index in [-0.39, 0.29) is 5.75 Å². The van der Waals surface area contributed by atoms with Gasteiger partial charge in [0.05, 0.1) is 14.2 Å². The molecule has 0 bridgehead atoms. The number of fused-ring (bicyclic) bond motifs is 1. The number of hydrogen-bond donors (Lipinski definition) is 1. The van der Waals surface area contributed by atoms with Gasteiger partial charge in [0, 0.05) is 16.2 Å². The summed E-state index contributed by atoms with van der Waals surface area (Å²) in [5, 5.41) is 12.6. The third-order valence-electron chi connectivity index (χ3n) is 2.08. The highest BCUT2D eigenvalue weighted by atomic mass is 32.1. The molecule has 1 N–H and O–H groups in total. The molecule has 0 aliphatic heterocycles. The van der Waals surface area contributed by atoms with Gasteiger partial charge in [-0.2, -0.15) is 0 Å². The molecule has 0 amide bonds. The van der Waals surface area contributed by atoms with E-state index < -0.39 is 0 Å². The van der Waals surface area contributed by atoms with Gasteiger partial charge in [0.1, 0.15) is 0 Å². The number of phenolic OH excluding ortho intramolecular Hbond substituents is 1. The van der Waals surface area contributed by atoms with Crippen molar-refractivity contribution in [1.29, 1.82) is 0 Å². The number of phenols is 1. The van der Waals surface area contributed by atoms with E-state index in [0.717, 1.165) is 10.1 Å². The lowest BCUT2D eigenvalue weighted by atomic mass is 10.2. The van der Waals surface area contributed by atoms with Crippen LogP contribution in [0.4, 0.5) is 0 Å². The molecule has 74 valence electrons. The van der Waals surface area contributed by atoms with Crippen LogP contribution in [0.25, 0.3) is 10.1 Å². The second kappa shape index (κ2) is 3.38. The smallest absolute Gasteiger partial charge is 0.203 e. The Labute approximate surface area is 85.5 Å². The zero-order chi connectivity index (χ0) is 10.1. The van der Waals surface area contributed by atoms with Crippen LogP contribution < -0.4 is 9.47 Å². The monoisotopic (exact) mass is 210 g/mol. The Balaban J connectivity index is 2.79. The minimum absolute atomic E-state index is 0.142. The van der Waals surface area contributed by atoms with Crippen LogP contribution in [0, 0.1) is 0 Å². The number of thiophene rings is 1. The van der Waals surface area contributed by atoms with Gasteiger partial charge in [-0.1, -0.05) is 0 Å². The molecule has 2 rings (SSSR count). The molecular weight excluding hydrogens is 200 g/mol. The standard InChI is InChI=1S/C10H10O3S/c1-12-7-5-8-6(3-4-14-8)9(11)10(7)13-2/h3-5,11H,1-2H3. The van der Waals surface area contributed by atoms with E-state index in [1.54, 1.807) is 18.4 Å². The van der Waals surface area contributed by atoms with E-state index in [1.165, 1.54) is 7.11 Å². The van der Waals surface area contributed by atoms with Crippen LogP contribution in [0.1, 0.15) is 0 Å². The molecule has 0 unspecified atom stereocenters. The van der Waals surface area contributed by atoms with Gasteiger partial charge in [-0.25, -0.2) is 0 Å². The Morgan fingerprint density at radius 3 is 2.71 bits per heavy atom. The van der Waals surface area contributed by atoms with E-state index in [4.69, 9.17) is 9.47 Å². The Morgan fingerprint density at radius 1 is 1.29 bits per heavy atom. The molecule has 0 saturated heterocycles. The lowest BCUT2D eigenvalue weighted by Crippen LogP contribution is -1.90. The van der Waals surface area contributed by atoms with Crippen molar-refractivity contribution in [2.24, 2.45) is 0 Å². The number of hydrogen-bond acceptors (Lipinski definition) is 4. The third kappa shape index (κ3) is 1.19. The number of benzene rings is 1. The van der Waals surface area contributed by atoms with Gasteiger partial charge in [0.2, 0.25) is 5.75 Å². The molecule has 4 heteroatoms. The minimum Gasteiger partial charge on any atom is -0.504 e. The zero-order valence-electron chi connectivity index (χ0n) is 7.90. The first-order chi connectivity index (χ1) is 6.77. The molecule has 0 saturated carbocycles. The molecule has 2 aromatic rings. The molecule has 0 fully saturated rings. The van der Waals surface area contributed by atoms with E-state index in [0.29, 0.717) is 11.5 Å². The van der Waals surface area contributed by atoms with Gasteiger partial charge < -0.3 is 14.6 Å². The molecule has 14 heavy (non-hydrogen) atoms. The van der Waals surface area contributed by atoms with E-state index in [9.17, 15) is 5.11 Å². The molecule has 0 radical (unpaired) electrons. The first-order valence-electron chi connectivity index (χ1n) is 4.09. The Hall–Kier alpha value is -1.42. The van der Waals surface area contributed by atoms with Crippen molar-refractivity contribution in [3.8, 4) is 17.2 Å². The number of ether oxygens (including phenoxy) is 2. The van der Waals surface area contributed by atoms with Gasteiger partial charge in [-0.15, -0.1) is 11.3 Å². The van der Waals surface area contributed by atoms with E-state index in [1.807, 2.05) is 17.5 Å². The van der Waals surface area contributed by atoms with Crippen LogP contribution in [0.3, 0.4) is 0 Å². The second-order valence-electron chi connectivity index (χ2n) is 2.79. The third-order valence-corrected chi connectivity index (χ3v) is 2.94. The van der Waals surface area contributed by atoms with Gasteiger partial charge in [-0.05, 0) is 11.4 Å². The summed E-state index contributed by atoms with van der Waals surface area (Å²) in [6, 6.07) is 3.72. The van der Waals surface area contributed by atoms with Crippen LogP contribution in [-0.4, -0.2) is 19.3 Å². The summed E-state index contributed by atoms with van der Waals surface area (Å²) in [6.45, 7) is 0. The van der Waals surface area contributed by atoms with Crippen LogP contribution in [0.5, 0.6) is 17.2 Å². The second-order valence-corrected chi connectivity index (χ2v) is 3.74. The fraction of sp³-hybridized carbons (Fsp3) is 0.200. The Bertz CT molecular complexity index is 462. The summed E-state index contributed by atoms with van der Waals surface area (Å²) in [4.78, 5) is 0. The quantitative estimate of drug-likeness (QED) is 0.828. The fourth-order valence-electron chi connectivity index (χ4n) is 1.40. The van der Waals surface area contributed by atoms with Gasteiger partial charge >= 0.3 is 0 Å². The summed E-state index contributed by atoms with van der Waals surface area (Å²) in [5.41, 5.74) is 0. The first-order valence-corrected chi connectivity index (χ1v) is 4.97. The van der Waals surface area contributed by atoms with Crippen LogP contribution in [0.2, 0.25) is 0 Å². The van der Waals surface area contributed by atoms with Crippen molar-refractivity contribution >= 4 is 21.4 Å². The number of methoxy groups -OCH3 is 2. The molecule has 3 nitrogen and oxygen atoms in total. The summed E-state index contributed by atoms with van der Waals surface area (Å²) in [6.07, 6.45) is 0. The summed E-state index contributed by atoms with van der Waals surface area (Å²) >= 11 is 1.55. The highest BCUT2D eigenvalue weighted by Crippen LogP contribution is 2.43. The maximum absolute atomic E-state index is 9.85. The van der Waals surface area contributed by atoms with Gasteiger partial charge in [-0.3, -0.25) is 0 Å². The molecule has 1 aromatic carbocycles. The molecular formula is C10H10O3S. The number of aromatic hydroxyl groups is 1. The molecule has 0 aliphatic carbocycles. The minimum atomic E-state index is 0.142. The molecule has 1 aromatic heterocycles. The molecule has 0 aliphatic rings. The summed E-state index contributed by atoms with van der Waals surface area (Å²) in [5.74, 6) is 1.08. The SMILES string of the molecule is COc1cc2sccc2c(O)c1OC. The highest BCUT2D eigenvalue weighted by Gasteiger charge is 2.14. The van der Waals surface area contributed by atoms with Gasteiger partial charge in [0.15, 0.2) is 11.5 Å². The molecule has 1 heterocycles. The normalized spacial score (nSPS) is 10.4. The predicted octanol–water partition coefficient (Wildman–Crippen LogP) is 2.62. The van der Waals surface area contributed by atoms with E-state index >= 15 is 0 Å². The van der Waals surface area contributed by atoms with Crippen molar-refractivity contribution in [3.63, 3.8) is 0 Å². The van der Waals surface area contributed by atoms with E-state index in [2.05, 4.69) is 0 Å². The Morgan fingerprint density at radius 2 is 2.07 bits per heavy atom. The van der Waals surface area contributed by atoms with Crippen molar-refractivity contribution in [1.82, 2.24) is 0 Å². The van der Waals surface area contributed by atoms with Crippen molar-refractivity contribution in [2.45, 2.75) is 0 Å². The average molecular weight is 210 g/mol. The highest BCUT2D eigenvalue weighted by molar-refractivity contribution is 7.17. The fourth-order valence-corrected chi connectivity index (χ4v) is 2.22. The maximum atomic E-state index is 9.85.